The maximum atomic E-state index is 5.48. The highest BCUT2D eigenvalue weighted by Gasteiger charge is 2.02. The van der Waals surface area contributed by atoms with Crippen molar-refractivity contribution in [1.29, 1.82) is 0 Å². The zero-order valence-electron chi connectivity index (χ0n) is 12.7. The van der Waals surface area contributed by atoms with Crippen LogP contribution in [-0.2, 0) is 0 Å². The summed E-state index contributed by atoms with van der Waals surface area (Å²) in [4.78, 5) is 0. The Labute approximate surface area is 114 Å². The maximum Gasteiger partial charge on any atom is 0.0112 e. The molecule has 0 aliphatic rings. The first-order chi connectivity index (χ1) is 8.63. The summed E-state index contributed by atoms with van der Waals surface area (Å²) in [5.74, 6) is 0.813. The zero-order valence-corrected chi connectivity index (χ0v) is 12.7. The molecule has 0 aromatic heterocycles. The second-order valence-electron chi connectivity index (χ2n) is 5.08. The standard InChI is InChI=1S/C17H31N/c1-5-15(3)9-7-11-17(6-2)12-8-10-16(4)13-14-18/h8-10,13,17H,5-7,11-12,14,18H2,1-4H3/b10-8+,15-9+,16-13+. The van der Waals surface area contributed by atoms with Gasteiger partial charge in [0.1, 0.15) is 0 Å². The van der Waals surface area contributed by atoms with Gasteiger partial charge < -0.3 is 5.73 Å². The second-order valence-corrected chi connectivity index (χ2v) is 5.08. The van der Waals surface area contributed by atoms with Gasteiger partial charge in [-0.2, -0.15) is 0 Å². The fourth-order valence-corrected chi connectivity index (χ4v) is 1.90. The molecule has 0 radical (unpaired) electrons. The minimum absolute atomic E-state index is 0.633. The molecule has 0 fully saturated rings. The molecule has 1 nitrogen and oxygen atoms in total. The lowest BCUT2D eigenvalue weighted by molar-refractivity contribution is 0.480. The first kappa shape index (κ1) is 17.2. The number of hydrogen-bond donors (Lipinski definition) is 1. The third kappa shape index (κ3) is 9.23. The van der Waals surface area contributed by atoms with Crippen molar-refractivity contribution in [3.63, 3.8) is 0 Å². The van der Waals surface area contributed by atoms with Gasteiger partial charge in [-0.15, -0.1) is 0 Å². The highest BCUT2D eigenvalue weighted by Crippen LogP contribution is 2.17. The minimum atomic E-state index is 0.633. The predicted octanol–water partition coefficient (Wildman–Crippen LogP) is 5.00. The number of nitrogens with two attached hydrogens (primary N) is 1. The van der Waals surface area contributed by atoms with Crippen molar-refractivity contribution in [3.05, 3.63) is 35.5 Å². The van der Waals surface area contributed by atoms with E-state index in [1.54, 1.807) is 0 Å². The monoisotopic (exact) mass is 249 g/mol. The molecule has 104 valence electrons. The van der Waals surface area contributed by atoms with Crippen molar-refractivity contribution in [2.75, 3.05) is 6.54 Å². The third-order valence-electron chi connectivity index (χ3n) is 3.49. The summed E-state index contributed by atoms with van der Waals surface area (Å²) < 4.78 is 0. The lowest BCUT2D eigenvalue weighted by atomic mass is 9.95. The van der Waals surface area contributed by atoms with E-state index in [4.69, 9.17) is 5.73 Å². The Balaban J connectivity index is 4.01. The van der Waals surface area contributed by atoms with E-state index in [1.807, 2.05) is 0 Å². The molecule has 2 N–H and O–H groups in total. The predicted molar refractivity (Wildman–Crippen MR) is 83.6 cm³/mol. The molecular weight excluding hydrogens is 218 g/mol. The van der Waals surface area contributed by atoms with Gasteiger partial charge >= 0.3 is 0 Å². The summed E-state index contributed by atoms with van der Waals surface area (Å²) in [6.45, 7) is 9.48. The summed E-state index contributed by atoms with van der Waals surface area (Å²) in [5, 5.41) is 0. The van der Waals surface area contributed by atoms with Crippen molar-refractivity contribution >= 4 is 0 Å². The average molecular weight is 249 g/mol. The molecule has 0 aliphatic carbocycles. The Bertz CT molecular complexity index is 284. The normalized spacial score (nSPS) is 15.4. The Morgan fingerprint density at radius 1 is 1.17 bits per heavy atom. The van der Waals surface area contributed by atoms with Crippen molar-refractivity contribution < 1.29 is 0 Å². The molecule has 0 heterocycles. The summed E-state index contributed by atoms with van der Waals surface area (Å²) >= 11 is 0. The fraction of sp³-hybridized carbons (Fsp3) is 0.647. The molecule has 1 heteroatoms. The van der Waals surface area contributed by atoms with Crippen LogP contribution in [-0.4, -0.2) is 6.54 Å². The first-order valence-electron chi connectivity index (χ1n) is 7.32. The van der Waals surface area contributed by atoms with Gasteiger partial charge in [0.25, 0.3) is 0 Å². The van der Waals surface area contributed by atoms with Gasteiger partial charge in [0.2, 0.25) is 0 Å². The summed E-state index contributed by atoms with van der Waals surface area (Å²) in [6.07, 6.45) is 15.1. The van der Waals surface area contributed by atoms with Crippen LogP contribution in [0.25, 0.3) is 0 Å². The van der Waals surface area contributed by atoms with E-state index < -0.39 is 0 Å². The SMILES string of the molecule is CC/C(C)=C/CCC(CC)C/C=C/C(C)=C/CN. The Hall–Kier alpha value is -0.820. The van der Waals surface area contributed by atoms with Gasteiger partial charge in [0.15, 0.2) is 0 Å². The molecule has 1 unspecified atom stereocenters. The highest BCUT2D eigenvalue weighted by atomic mass is 14.5. The quantitative estimate of drug-likeness (QED) is 0.451. The smallest absolute Gasteiger partial charge is 0.0112 e. The molecule has 0 aliphatic heterocycles. The summed E-state index contributed by atoms with van der Waals surface area (Å²) in [7, 11) is 0. The van der Waals surface area contributed by atoms with Gasteiger partial charge in [0, 0.05) is 6.54 Å². The highest BCUT2D eigenvalue weighted by molar-refractivity contribution is 5.16. The number of rotatable bonds is 9. The topological polar surface area (TPSA) is 26.0 Å². The van der Waals surface area contributed by atoms with Crippen molar-refractivity contribution in [2.45, 2.75) is 59.8 Å². The lowest BCUT2D eigenvalue weighted by Crippen LogP contribution is -1.97. The fourth-order valence-electron chi connectivity index (χ4n) is 1.90. The van der Waals surface area contributed by atoms with Crippen molar-refractivity contribution in [3.8, 4) is 0 Å². The molecule has 0 aromatic rings. The van der Waals surface area contributed by atoms with E-state index in [9.17, 15) is 0 Å². The van der Waals surface area contributed by atoms with Crippen LogP contribution in [0, 0.1) is 5.92 Å². The van der Waals surface area contributed by atoms with Crippen LogP contribution in [0.15, 0.2) is 35.5 Å². The molecule has 0 saturated heterocycles. The molecule has 1 atom stereocenters. The number of hydrogen-bond acceptors (Lipinski definition) is 1. The third-order valence-corrected chi connectivity index (χ3v) is 3.49. The van der Waals surface area contributed by atoms with Gasteiger partial charge in [-0.25, -0.2) is 0 Å². The zero-order chi connectivity index (χ0) is 13.8. The van der Waals surface area contributed by atoms with E-state index in [2.05, 4.69) is 52.0 Å². The van der Waals surface area contributed by atoms with E-state index >= 15 is 0 Å². The van der Waals surface area contributed by atoms with Crippen molar-refractivity contribution in [2.24, 2.45) is 11.7 Å². The van der Waals surface area contributed by atoms with E-state index in [0.717, 1.165) is 5.92 Å². The second kappa shape index (κ2) is 11.3. The molecule has 0 rings (SSSR count). The summed E-state index contributed by atoms with van der Waals surface area (Å²) in [6, 6.07) is 0. The molecular formula is C17H31N. The number of allylic oxidation sites excluding steroid dienone is 5. The Morgan fingerprint density at radius 2 is 1.89 bits per heavy atom. The minimum Gasteiger partial charge on any atom is -0.327 e. The van der Waals surface area contributed by atoms with Gasteiger partial charge in [-0.3, -0.25) is 0 Å². The Morgan fingerprint density at radius 3 is 2.44 bits per heavy atom. The van der Waals surface area contributed by atoms with Crippen LogP contribution >= 0.6 is 0 Å². The van der Waals surface area contributed by atoms with Crippen LogP contribution < -0.4 is 5.73 Å². The Kier molecular flexibility index (Phi) is 10.8. The van der Waals surface area contributed by atoms with Crippen LogP contribution in [0.1, 0.15) is 59.8 Å². The molecule has 0 aromatic carbocycles. The average Bonchev–Trinajstić information content (AvgIpc) is 2.36. The van der Waals surface area contributed by atoms with Crippen LogP contribution in [0.3, 0.4) is 0 Å². The molecule has 0 bridgehead atoms. The van der Waals surface area contributed by atoms with Gasteiger partial charge in [-0.1, -0.05) is 55.7 Å². The first-order valence-corrected chi connectivity index (χ1v) is 7.32. The largest absolute Gasteiger partial charge is 0.327 e. The molecule has 18 heavy (non-hydrogen) atoms. The van der Waals surface area contributed by atoms with Crippen LogP contribution in [0.4, 0.5) is 0 Å². The maximum absolute atomic E-state index is 5.48. The molecule has 0 amide bonds. The van der Waals surface area contributed by atoms with E-state index in [0.29, 0.717) is 6.54 Å². The van der Waals surface area contributed by atoms with Gasteiger partial charge in [-0.05, 0) is 45.4 Å². The van der Waals surface area contributed by atoms with Crippen molar-refractivity contribution in [1.82, 2.24) is 0 Å². The van der Waals surface area contributed by atoms with Crippen LogP contribution in [0.2, 0.25) is 0 Å². The van der Waals surface area contributed by atoms with Gasteiger partial charge in [0.05, 0.1) is 0 Å². The van der Waals surface area contributed by atoms with E-state index in [-0.39, 0.29) is 0 Å². The molecule has 0 saturated carbocycles. The summed E-state index contributed by atoms with van der Waals surface area (Å²) in [5.41, 5.74) is 8.27. The lowest BCUT2D eigenvalue weighted by Gasteiger charge is -2.11. The van der Waals surface area contributed by atoms with Crippen LogP contribution in [0.5, 0.6) is 0 Å². The van der Waals surface area contributed by atoms with E-state index in [1.165, 1.54) is 43.3 Å². The molecule has 0 spiro atoms.